The van der Waals surface area contributed by atoms with Crippen LogP contribution in [-0.2, 0) is 9.47 Å². The van der Waals surface area contributed by atoms with E-state index in [-0.39, 0.29) is 0 Å². The molecular formula is C12H23NO2. The van der Waals surface area contributed by atoms with Gasteiger partial charge in [-0.05, 0) is 44.6 Å². The fraction of sp³-hybridized carbons (Fsp3) is 1.00. The molecule has 1 N–H and O–H groups in total. The van der Waals surface area contributed by atoms with E-state index in [1.165, 1.54) is 25.7 Å². The Hall–Kier alpha value is -0.120. The molecule has 2 unspecified atom stereocenters. The van der Waals surface area contributed by atoms with Crippen molar-refractivity contribution in [3.05, 3.63) is 0 Å². The third-order valence-electron chi connectivity index (χ3n) is 3.83. The second-order valence-electron chi connectivity index (χ2n) is 4.81. The summed E-state index contributed by atoms with van der Waals surface area (Å²) in [6.45, 7) is 3.83. The predicted octanol–water partition coefficient (Wildman–Crippen LogP) is 1.43. The Morgan fingerprint density at radius 3 is 2.47 bits per heavy atom. The van der Waals surface area contributed by atoms with E-state index in [9.17, 15) is 0 Å². The van der Waals surface area contributed by atoms with Gasteiger partial charge in [0.1, 0.15) is 0 Å². The summed E-state index contributed by atoms with van der Waals surface area (Å²) in [6, 6.07) is 0.649. The Balaban J connectivity index is 1.78. The van der Waals surface area contributed by atoms with Crippen molar-refractivity contribution < 1.29 is 9.47 Å². The van der Waals surface area contributed by atoms with E-state index in [1.807, 2.05) is 0 Å². The largest absolute Gasteiger partial charge is 0.381 e. The molecule has 0 aromatic heterocycles. The normalized spacial score (nSPS) is 30.6. The summed E-state index contributed by atoms with van der Waals surface area (Å²) in [5.41, 5.74) is 0. The molecule has 2 fully saturated rings. The molecule has 2 heterocycles. The van der Waals surface area contributed by atoms with Gasteiger partial charge in [0, 0.05) is 25.9 Å². The first-order valence-corrected chi connectivity index (χ1v) is 6.23. The average Bonchev–Trinajstić information content (AvgIpc) is 2.81. The zero-order valence-electron chi connectivity index (χ0n) is 9.71. The van der Waals surface area contributed by atoms with Gasteiger partial charge in [-0.1, -0.05) is 0 Å². The zero-order valence-corrected chi connectivity index (χ0v) is 9.71. The molecule has 3 heteroatoms. The van der Waals surface area contributed by atoms with E-state index < -0.39 is 0 Å². The van der Waals surface area contributed by atoms with Crippen molar-refractivity contribution in [1.29, 1.82) is 0 Å². The van der Waals surface area contributed by atoms with Crippen molar-refractivity contribution >= 4 is 0 Å². The second kappa shape index (κ2) is 5.83. The lowest BCUT2D eigenvalue weighted by Crippen LogP contribution is -2.36. The molecule has 0 amide bonds. The third-order valence-corrected chi connectivity index (χ3v) is 3.83. The standard InChI is InChI=1S/C12H23NO2/c1-13-12(11-4-7-15-9-11)8-10-2-5-14-6-3-10/h10-13H,2-9H2,1H3. The fourth-order valence-corrected chi connectivity index (χ4v) is 2.76. The number of nitrogens with one attached hydrogen (secondary N) is 1. The molecule has 0 bridgehead atoms. The highest BCUT2D eigenvalue weighted by Gasteiger charge is 2.27. The van der Waals surface area contributed by atoms with Crippen LogP contribution < -0.4 is 5.32 Å². The molecule has 0 aromatic carbocycles. The Kier molecular flexibility index (Phi) is 4.42. The molecule has 15 heavy (non-hydrogen) atoms. The van der Waals surface area contributed by atoms with E-state index in [1.54, 1.807) is 0 Å². The number of hydrogen-bond acceptors (Lipinski definition) is 3. The molecule has 88 valence electrons. The van der Waals surface area contributed by atoms with Crippen LogP contribution in [0.15, 0.2) is 0 Å². The molecular weight excluding hydrogens is 190 g/mol. The molecule has 0 spiro atoms. The molecule has 0 saturated carbocycles. The minimum atomic E-state index is 0.649. The Labute approximate surface area is 92.5 Å². The molecule has 0 aliphatic carbocycles. The fourth-order valence-electron chi connectivity index (χ4n) is 2.76. The summed E-state index contributed by atoms with van der Waals surface area (Å²) in [6.07, 6.45) is 5.01. The first kappa shape index (κ1) is 11.4. The van der Waals surface area contributed by atoms with Gasteiger partial charge in [-0.3, -0.25) is 0 Å². The monoisotopic (exact) mass is 213 g/mol. The van der Waals surface area contributed by atoms with E-state index in [4.69, 9.17) is 9.47 Å². The molecule has 0 radical (unpaired) electrons. The van der Waals surface area contributed by atoms with Gasteiger partial charge in [-0.25, -0.2) is 0 Å². The van der Waals surface area contributed by atoms with E-state index >= 15 is 0 Å². The Bertz CT molecular complexity index is 174. The first-order chi connectivity index (χ1) is 7.40. The summed E-state index contributed by atoms with van der Waals surface area (Å²) in [5.74, 6) is 1.59. The van der Waals surface area contributed by atoms with Crippen molar-refractivity contribution in [2.45, 2.75) is 31.7 Å². The highest BCUT2D eigenvalue weighted by molar-refractivity contribution is 4.81. The summed E-state index contributed by atoms with van der Waals surface area (Å²) in [7, 11) is 2.09. The van der Waals surface area contributed by atoms with Crippen molar-refractivity contribution in [2.24, 2.45) is 11.8 Å². The molecule has 2 rings (SSSR count). The van der Waals surface area contributed by atoms with Crippen LogP contribution >= 0.6 is 0 Å². The minimum absolute atomic E-state index is 0.649. The molecule has 2 atom stereocenters. The lowest BCUT2D eigenvalue weighted by molar-refractivity contribution is 0.0576. The van der Waals surface area contributed by atoms with Gasteiger partial charge in [-0.2, -0.15) is 0 Å². The van der Waals surface area contributed by atoms with Crippen LogP contribution in [0.25, 0.3) is 0 Å². The number of rotatable bonds is 4. The maximum absolute atomic E-state index is 5.46. The van der Waals surface area contributed by atoms with Crippen molar-refractivity contribution in [2.75, 3.05) is 33.5 Å². The lowest BCUT2D eigenvalue weighted by atomic mass is 9.86. The Morgan fingerprint density at radius 2 is 1.87 bits per heavy atom. The first-order valence-electron chi connectivity index (χ1n) is 6.23. The van der Waals surface area contributed by atoms with Gasteiger partial charge in [0.2, 0.25) is 0 Å². The molecule has 2 saturated heterocycles. The van der Waals surface area contributed by atoms with Crippen LogP contribution in [0.1, 0.15) is 25.7 Å². The van der Waals surface area contributed by atoms with Crippen molar-refractivity contribution in [3.63, 3.8) is 0 Å². The van der Waals surface area contributed by atoms with Gasteiger partial charge in [-0.15, -0.1) is 0 Å². The molecule has 2 aliphatic heterocycles. The molecule has 0 aromatic rings. The zero-order chi connectivity index (χ0) is 10.5. The second-order valence-corrected chi connectivity index (χ2v) is 4.81. The summed E-state index contributed by atoms with van der Waals surface area (Å²) in [5, 5.41) is 3.47. The lowest BCUT2D eigenvalue weighted by Gasteiger charge is -2.29. The van der Waals surface area contributed by atoms with Gasteiger partial charge >= 0.3 is 0 Å². The maximum atomic E-state index is 5.46. The van der Waals surface area contributed by atoms with Crippen LogP contribution in [0, 0.1) is 11.8 Å². The number of ether oxygens (including phenoxy) is 2. The number of hydrogen-bond donors (Lipinski definition) is 1. The van der Waals surface area contributed by atoms with Crippen molar-refractivity contribution in [1.82, 2.24) is 5.32 Å². The Morgan fingerprint density at radius 1 is 1.13 bits per heavy atom. The van der Waals surface area contributed by atoms with Gasteiger partial charge < -0.3 is 14.8 Å². The smallest absolute Gasteiger partial charge is 0.0510 e. The van der Waals surface area contributed by atoms with Crippen LogP contribution in [0.4, 0.5) is 0 Å². The SMILES string of the molecule is CNC(CC1CCOCC1)C1CCOC1. The van der Waals surface area contributed by atoms with Crippen LogP contribution in [0.3, 0.4) is 0 Å². The highest BCUT2D eigenvalue weighted by Crippen LogP contribution is 2.26. The van der Waals surface area contributed by atoms with Gasteiger partial charge in [0.05, 0.1) is 6.61 Å². The topological polar surface area (TPSA) is 30.5 Å². The van der Waals surface area contributed by atoms with Crippen LogP contribution in [0.2, 0.25) is 0 Å². The molecule has 3 nitrogen and oxygen atoms in total. The predicted molar refractivity (Wildman–Crippen MR) is 59.9 cm³/mol. The van der Waals surface area contributed by atoms with Crippen LogP contribution in [0.5, 0.6) is 0 Å². The average molecular weight is 213 g/mol. The summed E-state index contributed by atoms with van der Waals surface area (Å²) >= 11 is 0. The van der Waals surface area contributed by atoms with Crippen LogP contribution in [-0.4, -0.2) is 39.5 Å². The van der Waals surface area contributed by atoms with E-state index in [0.29, 0.717) is 6.04 Å². The van der Waals surface area contributed by atoms with Crippen molar-refractivity contribution in [3.8, 4) is 0 Å². The maximum Gasteiger partial charge on any atom is 0.0510 e. The van der Waals surface area contributed by atoms with E-state index in [2.05, 4.69) is 12.4 Å². The summed E-state index contributed by atoms with van der Waals surface area (Å²) in [4.78, 5) is 0. The van der Waals surface area contributed by atoms with E-state index in [0.717, 1.165) is 38.3 Å². The quantitative estimate of drug-likeness (QED) is 0.766. The van der Waals surface area contributed by atoms with Gasteiger partial charge in [0.25, 0.3) is 0 Å². The summed E-state index contributed by atoms with van der Waals surface area (Å²) < 4.78 is 10.9. The minimum Gasteiger partial charge on any atom is -0.381 e. The highest BCUT2D eigenvalue weighted by atomic mass is 16.5. The van der Waals surface area contributed by atoms with Gasteiger partial charge in [0.15, 0.2) is 0 Å². The third kappa shape index (κ3) is 3.16. The molecule has 2 aliphatic rings.